The number of aromatic hydroxyl groups is 1. The van der Waals surface area contributed by atoms with Crippen LogP contribution in [0.15, 0.2) is 29.2 Å². The number of carbonyl (C=O) groups is 2. The lowest BCUT2D eigenvalue weighted by atomic mass is 9.94. The number of pyridine rings is 1. The Balaban J connectivity index is 1.66. The molecule has 0 radical (unpaired) electrons. The Morgan fingerprint density at radius 3 is 2.54 bits per heavy atom. The number of carbonyl (C=O) groups excluding carboxylic acids is 2. The Hall–Kier alpha value is -3.27. The maximum Gasteiger partial charge on any atom is 0.276 e. The van der Waals surface area contributed by atoms with E-state index in [1.807, 2.05) is 0 Å². The molecule has 8 nitrogen and oxygen atoms in total. The number of fused-ring (bicyclic) bond motifs is 2. The highest BCUT2D eigenvalue weighted by Gasteiger charge is 2.44. The van der Waals surface area contributed by atoms with Crippen molar-refractivity contribution in [1.29, 1.82) is 0 Å². The van der Waals surface area contributed by atoms with E-state index in [1.54, 1.807) is 4.90 Å². The standard InChI is InChI=1S/C27H34F2N4O4/c1-15(2)9-19-7-8-31(12-16(3)4)22-14-32-13-20(24(34)25(35)23(32)27(37)33(19)22)26(36)30-11-17-5-6-18(28)10-21(17)29/h5-6,10,13,15-16,19,22,35H,7-9,11-12,14H2,1-4H3,(H,30,36). The second kappa shape index (κ2) is 10.6. The van der Waals surface area contributed by atoms with Gasteiger partial charge >= 0.3 is 0 Å². The van der Waals surface area contributed by atoms with Crippen molar-refractivity contribution < 1.29 is 23.5 Å². The molecular weight excluding hydrogens is 482 g/mol. The highest BCUT2D eigenvalue weighted by Crippen LogP contribution is 2.33. The third-order valence-electron chi connectivity index (χ3n) is 6.98. The van der Waals surface area contributed by atoms with Gasteiger partial charge in [-0.1, -0.05) is 33.8 Å². The third-order valence-corrected chi connectivity index (χ3v) is 6.98. The molecule has 0 saturated carbocycles. The van der Waals surface area contributed by atoms with Crippen molar-refractivity contribution in [3.8, 4) is 5.75 Å². The van der Waals surface area contributed by atoms with Crippen LogP contribution >= 0.6 is 0 Å². The fourth-order valence-corrected chi connectivity index (χ4v) is 5.40. The SMILES string of the molecule is CC(C)CC1CCN(CC(C)C)C2Cn3cc(C(=O)NCc4ccc(F)cc4F)c(=O)c(O)c3C(=O)N12. The van der Waals surface area contributed by atoms with Crippen LogP contribution in [0.4, 0.5) is 8.78 Å². The molecule has 37 heavy (non-hydrogen) atoms. The van der Waals surface area contributed by atoms with Crippen LogP contribution in [0.25, 0.3) is 0 Å². The zero-order chi connectivity index (χ0) is 27.0. The van der Waals surface area contributed by atoms with Crippen LogP contribution in [0, 0.1) is 23.5 Å². The minimum atomic E-state index is -0.966. The van der Waals surface area contributed by atoms with E-state index in [1.165, 1.54) is 16.8 Å². The van der Waals surface area contributed by atoms with E-state index >= 15 is 0 Å². The number of hydrogen-bond donors (Lipinski definition) is 2. The summed E-state index contributed by atoms with van der Waals surface area (Å²) in [5.74, 6) is -2.85. The molecule has 1 aromatic heterocycles. The molecule has 2 aliphatic heterocycles. The molecule has 0 spiro atoms. The Labute approximate surface area is 214 Å². The molecule has 2 aliphatic rings. The number of nitrogens with zero attached hydrogens (tertiary/aromatic N) is 3. The summed E-state index contributed by atoms with van der Waals surface area (Å²) in [7, 11) is 0. The average molecular weight is 517 g/mol. The molecule has 2 atom stereocenters. The maximum absolute atomic E-state index is 14.0. The van der Waals surface area contributed by atoms with Crippen LogP contribution in [-0.4, -0.2) is 56.6 Å². The molecular formula is C27H34F2N4O4. The maximum atomic E-state index is 14.0. The number of aromatic nitrogens is 1. The van der Waals surface area contributed by atoms with Gasteiger partial charge in [0.05, 0.1) is 6.54 Å². The van der Waals surface area contributed by atoms with Crippen LogP contribution in [0.3, 0.4) is 0 Å². The fraction of sp³-hybridized carbons (Fsp3) is 0.519. The molecule has 2 N–H and O–H groups in total. The summed E-state index contributed by atoms with van der Waals surface area (Å²) in [5.41, 5.74) is -1.39. The lowest BCUT2D eigenvalue weighted by Gasteiger charge is -2.52. The molecule has 200 valence electrons. The second-order valence-electron chi connectivity index (χ2n) is 10.8. The third kappa shape index (κ3) is 5.39. The summed E-state index contributed by atoms with van der Waals surface area (Å²) in [4.78, 5) is 43.6. The van der Waals surface area contributed by atoms with Crippen molar-refractivity contribution in [2.75, 3.05) is 13.1 Å². The monoisotopic (exact) mass is 516 g/mol. The Morgan fingerprint density at radius 2 is 1.89 bits per heavy atom. The zero-order valence-corrected chi connectivity index (χ0v) is 21.6. The highest BCUT2D eigenvalue weighted by atomic mass is 19.1. The molecule has 0 aliphatic carbocycles. The van der Waals surface area contributed by atoms with Gasteiger partial charge in [-0.3, -0.25) is 19.3 Å². The first-order chi connectivity index (χ1) is 17.5. The number of benzene rings is 1. The normalized spacial score (nSPS) is 19.8. The average Bonchev–Trinajstić information content (AvgIpc) is 2.81. The largest absolute Gasteiger partial charge is 0.503 e. The second-order valence-corrected chi connectivity index (χ2v) is 10.8. The van der Waals surface area contributed by atoms with E-state index in [-0.39, 0.29) is 35.6 Å². The van der Waals surface area contributed by atoms with Gasteiger partial charge in [0.25, 0.3) is 11.8 Å². The van der Waals surface area contributed by atoms with Gasteiger partial charge < -0.3 is 19.9 Å². The van der Waals surface area contributed by atoms with E-state index in [4.69, 9.17) is 0 Å². The molecule has 1 fully saturated rings. The van der Waals surface area contributed by atoms with Crippen LogP contribution in [-0.2, 0) is 13.1 Å². The molecule has 1 saturated heterocycles. The molecule has 4 rings (SSSR count). The van der Waals surface area contributed by atoms with Crippen LogP contribution in [0.1, 0.15) is 66.9 Å². The molecule has 2 aromatic rings. The lowest BCUT2D eigenvalue weighted by Crippen LogP contribution is -2.65. The minimum absolute atomic E-state index is 0.0160. The molecule has 2 amide bonds. The topological polar surface area (TPSA) is 94.9 Å². The Kier molecular flexibility index (Phi) is 7.68. The van der Waals surface area contributed by atoms with Crippen molar-refractivity contribution >= 4 is 11.8 Å². The van der Waals surface area contributed by atoms with E-state index in [9.17, 15) is 28.3 Å². The van der Waals surface area contributed by atoms with Gasteiger partial charge in [-0.2, -0.15) is 0 Å². The van der Waals surface area contributed by atoms with E-state index in [2.05, 4.69) is 37.9 Å². The zero-order valence-electron chi connectivity index (χ0n) is 21.6. The summed E-state index contributed by atoms with van der Waals surface area (Å²) in [6.07, 6.45) is 2.63. The van der Waals surface area contributed by atoms with Gasteiger partial charge in [-0.25, -0.2) is 8.78 Å². The van der Waals surface area contributed by atoms with Gasteiger partial charge in [-0.05, 0) is 30.7 Å². The number of hydrogen-bond acceptors (Lipinski definition) is 5. The predicted molar refractivity (Wildman–Crippen MR) is 134 cm³/mol. The van der Waals surface area contributed by atoms with Gasteiger partial charge in [0.2, 0.25) is 5.43 Å². The summed E-state index contributed by atoms with van der Waals surface area (Å²) >= 11 is 0. The Morgan fingerprint density at radius 1 is 1.16 bits per heavy atom. The van der Waals surface area contributed by atoms with Gasteiger partial charge in [0.15, 0.2) is 11.4 Å². The quantitative estimate of drug-likeness (QED) is 0.589. The summed E-state index contributed by atoms with van der Waals surface area (Å²) in [5, 5.41) is 13.2. The molecule has 10 heteroatoms. The number of halogens is 2. The Bertz CT molecular complexity index is 1260. The van der Waals surface area contributed by atoms with Gasteiger partial charge in [0, 0.05) is 43.5 Å². The van der Waals surface area contributed by atoms with Crippen molar-refractivity contribution in [2.24, 2.45) is 11.8 Å². The first-order valence-electron chi connectivity index (χ1n) is 12.7. The van der Waals surface area contributed by atoms with Crippen LogP contribution < -0.4 is 10.7 Å². The van der Waals surface area contributed by atoms with Crippen molar-refractivity contribution in [2.45, 2.75) is 65.8 Å². The number of rotatable bonds is 7. The highest BCUT2D eigenvalue weighted by molar-refractivity contribution is 5.99. The number of amides is 2. The van der Waals surface area contributed by atoms with Gasteiger partial charge in [-0.15, -0.1) is 0 Å². The van der Waals surface area contributed by atoms with Crippen molar-refractivity contribution in [3.05, 3.63) is 63.1 Å². The molecule has 3 heterocycles. The molecule has 0 bridgehead atoms. The summed E-state index contributed by atoms with van der Waals surface area (Å²) in [6, 6.07) is 2.96. The predicted octanol–water partition coefficient (Wildman–Crippen LogP) is 3.32. The van der Waals surface area contributed by atoms with E-state index in [0.717, 1.165) is 32.0 Å². The first kappa shape index (κ1) is 26.8. The number of nitrogens with one attached hydrogen (secondary N) is 1. The molecule has 1 aromatic carbocycles. The van der Waals surface area contributed by atoms with Crippen molar-refractivity contribution in [1.82, 2.24) is 19.7 Å². The van der Waals surface area contributed by atoms with Gasteiger partial charge in [0.1, 0.15) is 23.4 Å². The fourth-order valence-electron chi connectivity index (χ4n) is 5.40. The van der Waals surface area contributed by atoms with Crippen LogP contribution in [0.5, 0.6) is 5.75 Å². The van der Waals surface area contributed by atoms with E-state index < -0.39 is 34.6 Å². The molecule has 2 unspecified atom stereocenters. The first-order valence-corrected chi connectivity index (χ1v) is 12.7. The van der Waals surface area contributed by atoms with Crippen LogP contribution in [0.2, 0.25) is 0 Å². The van der Waals surface area contributed by atoms with Crippen molar-refractivity contribution in [3.63, 3.8) is 0 Å². The van der Waals surface area contributed by atoms with E-state index in [0.29, 0.717) is 24.4 Å². The minimum Gasteiger partial charge on any atom is -0.503 e. The lowest BCUT2D eigenvalue weighted by molar-refractivity contribution is -0.0449. The summed E-state index contributed by atoms with van der Waals surface area (Å²) < 4.78 is 28.6. The smallest absolute Gasteiger partial charge is 0.276 e. The summed E-state index contributed by atoms with van der Waals surface area (Å²) in [6.45, 7) is 10.0.